The van der Waals surface area contributed by atoms with Crippen molar-refractivity contribution in [1.82, 2.24) is 5.32 Å². The van der Waals surface area contributed by atoms with Crippen LogP contribution in [0.4, 0.5) is 0 Å². The quantitative estimate of drug-likeness (QED) is 0.411. The van der Waals surface area contributed by atoms with Crippen LogP contribution in [-0.2, 0) is 0 Å². The van der Waals surface area contributed by atoms with Gasteiger partial charge in [0.15, 0.2) is 0 Å². The summed E-state index contributed by atoms with van der Waals surface area (Å²) in [6.45, 7) is 9.11. The number of unbranched alkanes of at least 4 members (excludes halogenated alkanes) is 6. The number of hydrogen-bond acceptors (Lipinski definition) is 0. The molecule has 2 atom stereocenters. The molecule has 0 aromatic heterocycles. The van der Waals surface area contributed by atoms with Crippen molar-refractivity contribution in [1.29, 1.82) is 0 Å². The summed E-state index contributed by atoms with van der Waals surface area (Å²) in [5.74, 6) is 0. The molecule has 0 spiro atoms. The fourth-order valence-electron chi connectivity index (χ4n) is 2.32. The average Bonchev–Trinajstić information content (AvgIpc) is 2.30. The van der Waals surface area contributed by atoms with Crippen LogP contribution in [0.2, 0.25) is 0 Å². The van der Waals surface area contributed by atoms with Crippen molar-refractivity contribution >= 4 is 0 Å². The van der Waals surface area contributed by atoms with Gasteiger partial charge in [0.2, 0.25) is 0 Å². The predicted octanol–water partition coefficient (Wildman–Crippen LogP) is 5.31. The van der Waals surface area contributed by atoms with Gasteiger partial charge in [-0.15, -0.1) is 0 Å². The molecule has 1 nitrogen and oxygen atoms in total. The molecular weight excluding hydrogens is 206 g/mol. The lowest BCUT2D eigenvalue weighted by Crippen LogP contribution is -2.27. The van der Waals surface area contributed by atoms with Crippen molar-refractivity contribution in [3.8, 4) is 0 Å². The molecule has 0 aliphatic carbocycles. The van der Waals surface area contributed by atoms with Crippen molar-refractivity contribution in [2.75, 3.05) is 0 Å². The van der Waals surface area contributed by atoms with Gasteiger partial charge < -0.3 is 0 Å². The van der Waals surface area contributed by atoms with Crippen LogP contribution in [0.5, 0.6) is 0 Å². The Labute approximate surface area is 110 Å². The Morgan fingerprint density at radius 2 is 1.06 bits per heavy atom. The molecule has 0 bridgehead atoms. The minimum Gasteiger partial charge on any atom is -0.236 e. The molecule has 0 saturated heterocycles. The minimum atomic E-state index is 0.577. The molecule has 0 aromatic carbocycles. The van der Waals surface area contributed by atoms with Gasteiger partial charge in [0.05, 0.1) is 0 Å². The van der Waals surface area contributed by atoms with Gasteiger partial charge in [-0.05, 0) is 26.7 Å². The minimum absolute atomic E-state index is 0.577. The molecule has 0 aliphatic rings. The maximum atomic E-state index is 4.87. The van der Waals surface area contributed by atoms with E-state index in [2.05, 4.69) is 27.7 Å². The van der Waals surface area contributed by atoms with Crippen molar-refractivity contribution in [2.45, 2.75) is 104 Å². The Morgan fingerprint density at radius 1 is 0.647 bits per heavy atom. The highest BCUT2D eigenvalue weighted by Gasteiger charge is 2.08. The molecule has 2 unspecified atom stereocenters. The molecule has 0 saturated carbocycles. The van der Waals surface area contributed by atoms with E-state index in [1.54, 1.807) is 0 Å². The summed E-state index contributed by atoms with van der Waals surface area (Å²) in [6.07, 6.45) is 13.5. The Kier molecular flexibility index (Phi) is 12.4. The van der Waals surface area contributed by atoms with Gasteiger partial charge in [0, 0.05) is 12.1 Å². The van der Waals surface area contributed by atoms with E-state index in [0.717, 1.165) is 0 Å². The fraction of sp³-hybridized carbons (Fsp3) is 1.00. The highest BCUT2D eigenvalue weighted by atomic mass is 14.9. The van der Waals surface area contributed by atoms with Gasteiger partial charge in [-0.1, -0.05) is 65.2 Å². The van der Waals surface area contributed by atoms with Gasteiger partial charge in [0.25, 0.3) is 0 Å². The van der Waals surface area contributed by atoms with Crippen LogP contribution in [0, 0.1) is 0 Å². The maximum absolute atomic E-state index is 4.87. The van der Waals surface area contributed by atoms with Crippen molar-refractivity contribution in [2.24, 2.45) is 0 Å². The molecule has 1 radical (unpaired) electrons. The van der Waals surface area contributed by atoms with Crippen LogP contribution in [0.15, 0.2) is 0 Å². The summed E-state index contributed by atoms with van der Waals surface area (Å²) in [7, 11) is 0. The van der Waals surface area contributed by atoms with Gasteiger partial charge in [-0.2, -0.15) is 0 Å². The lowest BCUT2D eigenvalue weighted by Gasteiger charge is -2.17. The predicted molar refractivity (Wildman–Crippen MR) is 78.6 cm³/mol. The molecule has 1 heteroatoms. The van der Waals surface area contributed by atoms with Crippen molar-refractivity contribution < 1.29 is 0 Å². The molecule has 0 aromatic rings. The second-order valence-corrected chi connectivity index (χ2v) is 5.55. The molecule has 0 amide bonds. The summed E-state index contributed by atoms with van der Waals surface area (Å²) in [5, 5.41) is 4.87. The van der Waals surface area contributed by atoms with E-state index in [1.165, 1.54) is 64.2 Å². The van der Waals surface area contributed by atoms with E-state index in [9.17, 15) is 0 Å². The van der Waals surface area contributed by atoms with Crippen LogP contribution in [0.3, 0.4) is 0 Å². The van der Waals surface area contributed by atoms with E-state index >= 15 is 0 Å². The van der Waals surface area contributed by atoms with Gasteiger partial charge in [-0.25, -0.2) is 5.32 Å². The van der Waals surface area contributed by atoms with E-state index < -0.39 is 0 Å². The summed E-state index contributed by atoms with van der Waals surface area (Å²) in [5.41, 5.74) is 0. The molecule has 0 N–H and O–H groups in total. The number of hydrogen-bond donors (Lipinski definition) is 0. The monoisotopic (exact) mass is 240 g/mol. The summed E-state index contributed by atoms with van der Waals surface area (Å²) < 4.78 is 0. The maximum Gasteiger partial charge on any atom is 0.0220 e. The van der Waals surface area contributed by atoms with E-state index in [1.807, 2.05) is 0 Å². The normalized spacial score (nSPS) is 14.8. The summed E-state index contributed by atoms with van der Waals surface area (Å²) >= 11 is 0. The van der Waals surface area contributed by atoms with E-state index in [4.69, 9.17) is 5.32 Å². The Bertz CT molecular complexity index is 128. The second kappa shape index (κ2) is 12.4. The number of rotatable bonds is 12. The van der Waals surface area contributed by atoms with Crippen LogP contribution in [0.25, 0.3) is 0 Å². The molecular formula is C16H34N. The fourth-order valence-corrected chi connectivity index (χ4v) is 2.32. The SMILES string of the molecule is CCCCCCC(C)[N]C(C)CCCCCC. The van der Waals surface area contributed by atoms with Crippen LogP contribution < -0.4 is 5.32 Å². The molecule has 103 valence electrons. The third kappa shape index (κ3) is 12.2. The van der Waals surface area contributed by atoms with Crippen molar-refractivity contribution in [3.05, 3.63) is 0 Å². The zero-order chi connectivity index (χ0) is 12.9. The summed E-state index contributed by atoms with van der Waals surface area (Å²) in [4.78, 5) is 0. The highest BCUT2D eigenvalue weighted by Crippen LogP contribution is 2.10. The Morgan fingerprint density at radius 3 is 1.41 bits per heavy atom. The topological polar surface area (TPSA) is 14.1 Å². The first-order valence-electron chi connectivity index (χ1n) is 7.90. The molecule has 0 aliphatic heterocycles. The third-order valence-corrected chi connectivity index (χ3v) is 3.46. The van der Waals surface area contributed by atoms with Gasteiger partial charge in [-0.3, -0.25) is 0 Å². The lowest BCUT2D eigenvalue weighted by molar-refractivity contribution is 0.395. The average molecular weight is 240 g/mol. The first-order valence-corrected chi connectivity index (χ1v) is 7.90. The van der Waals surface area contributed by atoms with Crippen LogP contribution in [-0.4, -0.2) is 12.1 Å². The Hall–Kier alpha value is -0.0400. The Balaban J connectivity index is 3.35. The van der Waals surface area contributed by atoms with Gasteiger partial charge >= 0.3 is 0 Å². The number of nitrogens with zero attached hydrogens (tertiary/aromatic N) is 1. The first-order chi connectivity index (χ1) is 8.20. The van der Waals surface area contributed by atoms with E-state index in [0.29, 0.717) is 12.1 Å². The first kappa shape index (κ1) is 17.0. The molecule has 0 rings (SSSR count). The standard InChI is InChI=1S/C16H34N/c1-5-7-9-11-13-15(3)17-16(4)14-12-10-8-6-2/h15-16H,5-14H2,1-4H3. The smallest absolute Gasteiger partial charge is 0.0220 e. The molecule has 0 fully saturated rings. The molecule has 0 heterocycles. The van der Waals surface area contributed by atoms with E-state index in [-0.39, 0.29) is 0 Å². The lowest BCUT2D eigenvalue weighted by atomic mass is 10.1. The zero-order valence-corrected chi connectivity index (χ0v) is 12.7. The largest absolute Gasteiger partial charge is 0.236 e. The van der Waals surface area contributed by atoms with Crippen LogP contribution in [0.1, 0.15) is 91.9 Å². The summed E-state index contributed by atoms with van der Waals surface area (Å²) in [6, 6.07) is 1.15. The van der Waals surface area contributed by atoms with Crippen LogP contribution >= 0.6 is 0 Å². The van der Waals surface area contributed by atoms with Crippen molar-refractivity contribution in [3.63, 3.8) is 0 Å². The molecule has 17 heavy (non-hydrogen) atoms. The third-order valence-electron chi connectivity index (χ3n) is 3.46. The second-order valence-electron chi connectivity index (χ2n) is 5.55. The zero-order valence-electron chi connectivity index (χ0n) is 12.7. The van der Waals surface area contributed by atoms with Gasteiger partial charge in [0.1, 0.15) is 0 Å². The highest BCUT2D eigenvalue weighted by molar-refractivity contribution is 4.67.